The number of furan rings is 1. The summed E-state index contributed by atoms with van der Waals surface area (Å²) in [5.74, 6) is 2.19. The van der Waals surface area contributed by atoms with Crippen LogP contribution >= 0.6 is 0 Å². The normalized spacial score (nSPS) is 12.3. The molecule has 0 amide bonds. The Morgan fingerprint density at radius 2 is 2.13 bits per heavy atom. The number of aromatic nitrogens is 2. The highest BCUT2D eigenvalue weighted by atomic mass is 16.5. The summed E-state index contributed by atoms with van der Waals surface area (Å²) in [7, 11) is 1.60. The minimum absolute atomic E-state index is 0.322. The van der Waals surface area contributed by atoms with Crippen LogP contribution in [0.15, 0.2) is 35.0 Å². The van der Waals surface area contributed by atoms with E-state index < -0.39 is 6.10 Å². The van der Waals surface area contributed by atoms with Crippen LogP contribution in [0.5, 0.6) is 5.75 Å². The third-order valence-corrected chi connectivity index (χ3v) is 3.91. The molecule has 23 heavy (non-hydrogen) atoms. The minimum atomic E-state index is -0.677. The maximum absolute atomic E-state index is 10.4. The molecule has 1 unspecified atom stereocenters. The Morgan fingerprint density at radius 3 is 2.91 bits per heavy atom. The number of methoxy groups -OCH3 is 1. The number of benzene rings is 1. The van der Waals surface area contributed by atoms with Crippen LogP contribution in [0, 0.1) is 13.8 Å². The molecule has 1 aromatic carbocycles. The van der Waals surface area contributed by atoms with Crippen molar-refractivity contribution >= 4 is 16.9 Å². The molecule has 1 atom stereocenters. The lowest BCUT2D eigenvalue weighted by Crippen LogP contribution is -2.13. The monoisotopic (exact) mass is 313 g/mol. The average molecular weight is 313 g/mol. The largest absolute Gasteiger partial charge is 0.497 e. The Balaban J connectivity index is 1.80. The second-order valence-electron chi connectivity index (χ2n) is 5.36. The topological polar surface area (TPSA) is 80.4 Å². The van der Waals surface area contributed by atoms with E-state index in [4.69, 9.17) is 9.15 Å². The summed E-state index contributed by atoms with van der Waals surface area (Å²) in [6, 6.07) is 7.37. The number of aliphatic hydroxyl groups excluding tert-OH is 1. The van der Waals surface area contributed by atoms with E-state index >= 15 is 0 Å². The highest BCUT2D eigenvalue weighted by Crippen LogP contribution is 2.28. The summed E-state index contributed by atoms with van der Waals surface area (Å²) in [4.78, 5) is 8.40. The van der Waals surface area contributed by atoms with Gasteiger partial charge in [0.1, 0.15) is 23.7 Å². The Hall–Kier alpha value is -2.60. The summed E-state index contributed by atoms with van der Waals surface area (Å²) in [6.07, 6.45) is 0.772. The number of fused-ring (bicyclic) bond motifs is 1. The van der Waals surface area contributed by atoms with E-state index in [0.717, 1.165) is 22.3 Å². The molecule has 3 aromatic rings. The second kappa shape index (κ2) is 6.26. The van der Waals surface area contributed by atoms with Gasteiger partial charge in [-0.15, -0.1) is 0 Å². The maximum atomic E-state index is 10.4. The number of ether oxygens (including phenoxy) is 1. The highest BCUT2D eigenvalue weighted by Gasteiger charge is 2.15. The number of aliphatic hydroxyl groups is 1. The summed E-state index contributed by atoms with van der Waals surface area (Å²) in [6.45, 7) is 4.18. The third-order valence-electron chi connectivity index (χ3n) is 3.91. The molecular formula is C17H19N3O3. The number of anilines is 1. The Bertz CT molecular complexity index is 829. The van der Waals surface area contributed by atoms with E-state index in [0.29, 0.717) is 23.8 Å². The highest BCUT2D eigenvalue weighted by molar-refractivity contribution is 5.89. The second-order valence-corrected chi connectivity index (χ2v) is 5.36. The molecule has 0 aliphatic heterocycles. The number of hydrogen-bond acceptors (Lipinski definition) is 6. The SMILES string of the molecule is COc1cccc(C(O)CNc2ncnc3oc(C)c(C)c23)c1. The first-order chi connectivity index (χ1) is 11.1. The van der Waals surface area contributed by atoms with Crippen molar-refractivity contribution in [2.45, 2.75) is 20.0 Å². The zero-order chi connectivity index (χ0) is 16.4. The molecule has 0 spiro atoms. The van der Waals surface area contributed by atoms with Gasteiger partial charge in [-0.1, -0.05) is 12.1 Å². The van der Waals surface area contributed by atoms with E-state index in [1.807, 2.05) is 38.1 Å². The van der Waals surface area contributed by atoms with Gasteiger partial charge < -0.3 is 19.6 Å². The van der Waals surface area contributed by atoms with Gasteiger partial charge in [0.15, 0.2) is 0 Å². The van der Waals surface area contributed by atoms with Gasteiger partial charge >= 0.3 is 0 Å². The molecule has 0 saturated carbocycles. The molecule has 0 saturated heterocycles. The predicted octanol–water partition coefficient (Wildman–Crippen LogP) is 2.99. The fourth-order valence-electron chi connectivity index (χ4n) is 2.48. The molecule has 0 radical (unpaired) electrons. The van der Waals surface area contributed by atoms with Crippen molar-refractivity contribution in [1.29, 1.82) is 0 Å². The summed E-state index contributed by atoms with van der Waals surface area (Å²) in [5, 5.41) is 14.4. The van der Waals surface area contributed by atoms with Crippen LogP contribution < -0.4 is 10.1 Å². The third kappa shape index (κ3) is 2.98. The van der Waals surface area contributed by atoms with Crippen molar-refractivity contribution in [1.82, 2.24) is 9.97 Å². The molecule has 6 heteroatoms. The number of rotatable bonds is 5. The van der Waals surface area contributed by atoms with Crippen LogP contribution in [-0.4, -0.2) is 28.7 Å². The first-order valence-corrected chi connectivity index (χ1v) is 7.36. The molecule has 120 valence electrons. The molecule has 2 N–H and O–H groups in total. The molecule has 0 fully saturated rings. The number of aryl methyl sites for hydroxylation is 2. The van der Waals surface area contributed by atoms with Crippen LogP contribution in [0.2, 0.25) is 0 Å². The van der Waals surface area contributed by atoms with Gasteiger partial charge in [-0.3, -0.25) is 0 Å². The average Bonchev–Trinajstić information content (AvgIpc) is 2.87. The lowest BCUT2D eigenvalue weighted by Gasteiger charge is -2.14. The van der Waals surface area contributed by atoms with Gasteiger partial charge in [-0.2, -0.15) is 0 Å². The van der Waals surface area contributed by atoms with Crippen molar-refractivity contribution in [2.24, 2.45) is 0 Å². The van der Waals surface area contributed by atoms with Crippen molar-refractivity contribution in [3.05, 3.63) is 47.5 Å². The van der Waals surface area contributed by atoms with E-state index in [1.165, 1.54) is 6.33 Å². The molecule has 0 aliphatic carbocycles. The minimum Gasteiger partial charge on any atom is -0.497 e. The molecule has 2 heterocycles. The molecule has 2 aromatic heterocycles. The van der Waals surface area contributed by atoms with Crippen LogP contribution in [-0.2, 0) is 0 Å². The van der Waals surface area contributed by atoms with Crippen molar-refractivity contribution in [3.63, 3.8) is 0 Å². The zero-order valence-corrected chi connectivity index (χ0v) is 13.3. The zero-order valence-electron chi connectivity index (χ0n) is 13.3. The fraction of sp³-hybridized carbons (Fsp3) is 0.294. The Labute approximate surface area is 134 Å². The van der Waals surface area contributed by atoms with Crippen molar-refractivity contribution in [2.75, 3.05) is 19.0 Å². The van der Waals surface area contributed by atoms with E-state index in [9.17, 15) is 5.11 Å². The van der Waals surface area contributed by atoms with Crippen LogP contribution in [0.1, 0.15) is 23.0 Å². The van der Waals surface area contributed by atoms with Crippen LogP contribution in [0.25, 0.3) is 11.1 Å². The van der Waals surface area contributed by atoms with E-state index in [2.05, 4.69) is 15.3 Å². The quantitative estimate of drug-likeness (QED) is 0.753. The van der Waals surface area contributed by atoms with E-state index in [1.54, 1.807) is 7.11 Å². The molecular weight excluding hydrogens is 294 g/mol. The lowest BCUT2D eigenvalue weighted by molar-refractivity contribution is 0.191. The summed E-state index contributed by atoms with van der Waals surface area (Å²) in [5.41, 5.74) is 2.33. The number of hydrogen-bond donors (Lipinski definition) is 2. The number of nitrogens with one attached hydrogen (secondary N) is 1. The Kier molecular flexibility index (Phi) is 4.16. The standard InChI is InChI=1S/C17H19N3O3/c1-10-11(2)23-17-15(10)16(19-9-20-17)18-8-14(21)12-5-4-6-13(7-12)22-3/h4-7,9,14,21H,8H2,1-3H3,(H,18,19,20). The van der Waals surface area contributed by atoms with Gasteiger partial charge in [-0.25, -0.2) is 9.97 Å². The smallest absolute Gasteiger partial charge is 0.231 e. The maximum Gasteiger partial charge on any atom is 0.231 e. The van der Waals surface area contributed by atoms with E-state index in [-0.39, 0.29) is 0 Å². The summed E-state index contributed by atoms with van der Waals surface area (Å²) >= 11 is 0. The first kappa shape index (κ1) is 15.3. The van der Waals surface area contributed by atoms with Gasteiger partial charge in [0.05, 0.1) is 18.6 Å². The van der Waals surface area contributed by atoms with Crippen LogP contribution in [0.3, 0.4) is 0 Å². The molecule has 6 nitrogen and oxygen atoms in total. The van der Waals surface area contributed by atoms with Crippen LogP contribution in [0.4, 0.5) is 5.82 Å². The molecule has 3 rings (SSSR count). The Morgan fingerprint density at radius 1 is 1.30 bits per heavy atom. The fourth-order valence-corrected chi connectivity index (χ4v) is 2.48. The van der Waals surface area contributed by atoms with Crippen molar-refractivity contribution < 1.29 is 14.3 Å². The summed E-state index contributed by atoms with van der Waals surface area (Å²) < 4.78 is 10.8. The van der Waals surface area contributed by atoms with Gasteiger partial charge in [-0.05, 0) is 31.5 Å². The predicted molar refractivity (Wildman–Crippen MR) is 87.7 cm³/mol. The van der Waals surface area contributed by atoms with Gasteiger partial charge in [0, 0.05) is 12.1 Å². The van der Waals surface area contributed by atoms with Gasteiger partial charge in [0.2, 0.25) is 5.71 Å². The van der Waals surface area contributed by atoms with Gasteiger partial charge in [0.25, 0.3) is 0 Å². The molecule has 0 aliphatic rings. The number of nitrogens with zero attached hydrogens (tertiary/aromatic N) is 2. The molecule has 0 bridgehead atoms. The van der Waals surface area contributed by atoms with Crippen molar-refractivity contribution in [3.8, 4) is 5.75 Å². The lowest BCUT2D eigenvalue weighted by atomic mass is 10.1. The first-order valence-electron chi connectivity index (χ1n) is 7.36.